The van der Waals surface area contributed by atoms with Crippen molar-refractivity contribution in [2.75, 3.05) is 34.4 Å². The lowest BCUT2D eigenvalue weighted by Crippen LogP contribution is -2.53. The molecule has 0 aliphatic carbocycles. The molecule has 8 heteroatoms. The van der Waals surface area contributed by atoms with Gasteiger partial charge in [0.15, 0.2) is 11.5 Å². The number of benzene rings is 4. The molecular weight excluding hydrogens is 520 g/mol. The van der Waals surface area contributed by atoms with Gasteiger partial charge >= 0.3 is 5.97 Å². The molecule has 1 aliphatic heterocycles. The molecule has 0 aromatic heterocycles. The molecule has 1 aliphatic rings. The first-order valence-electron chi connectivity index (χ1n) is 13.3. The highest BCUT2D eigenvalue weighted by Gasteiger charge is 2.42. The first-order valence-corrected chi connectivity index (χ1v) is 13.3. The molecule has 1 unspecified atom stereocenters. The molecule has 1 fully saturated rings. The maximum Gasteiger partial charge on any atom is 0.357 e. The summed E-state index contributed by atoms with van der Waals surface area (Å²) in [5, 5.41) is 1.47. The number of carbonyl (C=O) groups is 2. The summed E-state index contributed by atoms with van der Waals surface area (Å²) in [5.74, 6) is 0.207. The Kier molecular flexibility index (Phi) is 8.50. The molecule has 5 rings (SSSR count). The summed E-state index contributed by atoms with van der Waals surface area (Å²) in [6.45, 7) is 0.650. The zero-order valence-corrected chi connectivity index (χ0v) is 23.2. The van der Waals surface area contributed by atoms with Crippen LogP contribution < -0.4 is 14.2 Å². The number of carbonyl (C=O) groups excluding carboxylic acids is 2. The number of hydroxylamine groups is 2. The van der Waals surface area contributed by atoms with Gasteiger partial charge in [0.1, 0.15) is 6.04 Å². The van der Waals surface area contributed by atoms with Gasteiger partial charge in [-0.25, -0.2) is 4.79 Å². The smallest absolute Gasteiger partial charge is 0.357 e. The number of piperazine rings is 1. The number of amides is 1. The summed E-state index contributed by atoms with van der Waals surface area (Å²) in [6, 6.07) is 31.2. The van der Waals surface area contributed by atoms with Gasteiger partial charge in [-0.05, 0) is 28.8 Å². The summed E-state index contributed by atoms with van der Waals surface area (Å²) in [6.07, 6.45) is 0. The van der Waals surface area contributed by atoms with Gasteiger partial charge in [0.25, 0.3) is 0 Å². The normalized spacial score (nSPS) is 15.5. The van der Waals surface area contributed by atoms with Crippen LogP contribution in [-0.2, 0) is 9.63 Å². The standard InChI is InChI=1S/C33H32N2O6/c1-38-27-21-26(22-28(39-2)31(27)40-3)33(37)41-35-20-19-34(32(36)30(35)25-17-11-6-12-18-25)29(23-13-7-4-8-14-23)24-15-9-5-10-16-24/h4-18,21-22,29-30H,19-20H2,1-3H3. The van der Waals surface area contributed by atoms with Crippen molar-refractivity contribution >= 4 is 11.9 Å². The van der Waals surface area contributed by atoms with Crippen LogP contribution in [0.15, 0.2) is 103 Å². The van der Waals surface area contributed by atoms with Gasteiger partial charge < -0.3 is 23.9 Å². The van der Waals surface area contributed by atoms with E-state index in [1.54, 1.807) is 0 Å². The molecule has 1 amide bonds. The molecule has 0 saturated carbocycles. The number of rotatable bonds is 9. The Balaban J connectivity index is 1.49. The highest BCUT2D eigenvalue weighted by atomic mass is 16.7. The number of hydrogen-bond donors (Lipinski definition) is 0. The van der Waals surface area contributed by atoms with E-state index in [0.29, 0.717) is 30.3 Å². The minimum Gasteiger partial charge on any atom is -0.493 e. The molecule has 210 valence electrons. The SMILES string of the molecule is COc1cc(C(=O)ON2CCN(C(c3ccccc3)c3ccccc3)C(=O)C2c2ccccc2)cc(OC)c1OC. The highest BCUT2D eigenvalue weighted by Crippen LogP contribution is 2.39. The average Bonchev–Trinajstić information content (AvgIpc) is 3.03. The van der Waals surface area contributed by atoms with Crippen molar-refractivity contribution in [2.45, 2.75) is 12.1 Å². The van der Waals surface area contributed by atoms with E-state index in [9.17, 15) is 9.59 Å². The van der Waals surface area contributed by atoms with Gasteiger partial charge in [0, 0.05) is 6.54 Å². The maximum absolute atomic E-state index is 14.4. The van der Waals surface area contributed by atoms with Crippen LogP contribution in [-0.4, -0.2) is 56.3 Å². The lowest BCUT2D eigenvalue weighted by atomic mass is 9.94. The predicted octanol–water partition coefficient (Wildman–Crippen LogP) is 5.46. The largest absolute Gasteiger partial charge is 0.493 e. The maximum atomic E-state index is 14.4. The van der Waals surface area contributed by atoms with Gasteiger partial charge in [0.05, 0.1) is 39.5 Å². The van der Waals surface area contributed by atoms with Crippen LogP contribution in [0.1, 0.15) is 39.1 Å². The van der Waals surface area contributed by atoms with E-state index in [0.717, 1.165) is 16.7 Å². The first-order chi connectivity index (χ1) is 20.0. The second kappa shape index (κ2) is 12.6. The number of nitrogens with zero attached hydrogens (tertiary/aromatic N) is 2. The van der Waals surface area contributed by atoms with E-state index in [2.05, 4.69) is 0 Å². The Morgan fingerprint density at radius 1 is 0.732 bits per heavy atom. The van der Waals surface area contributed by atoms with Crippen molar-refractivity contribution in [1.29, 1.82) is 0 Å². The molecule has 1 atom stereocenters. The molecular formula is C33H32N2O6. The van der Waals surface area contributed by atoms with E-state index >= 15 is 0 Å². The summed E-state index contributed by atoms with van der Waals surface area (Å²) in [5.41, 5.74) is 2.93. The van der Waals surface area contributed by atoms with E-state index in [1.807, 2.05) is 95.9 Å². The zero-order valence-electron chi connectivity index (χ0n) is 23.2. The summed E-state index contributed by atoms with van der Waals surface area (Å²) in [4.78, 5) is 35.6. The Bertz CT molecular complexity index is 1420. The first kappa shape index (κ1) is 27.7. The van der Waals surface area contributed by atoms with Gasteiger partial charge in [-0.1, -0.05) is 91.0 Å². The van der Waals surface area contributed by atoms with Crippen LogP contribution in [0.4, 0.5) is 0 Å². The molecule has 1 heterocycles. The van der Waals surface area contributed by atoms with Gasteiger partial charge in [-0.3, -0.25) is 4.79 Å². The van der Waals surface area contributed by atoms with Crippen LogP contribution in [0.3, 0.4) is 0 Å². The van der Waals surface area contributed by atoms with E-state index in [1.165, 1.54) is 38.5 Å². The second-order valence-corrected chi connectivity index (χ2v) is 9.50. The Morgan fingerprint density at radius 2 is 1.24 bits per heavy atom. The van der Waals surface area contributed by atoms with Crippen molar-refractivity contribution in [3.8, 4) is 17.2 Å². The van der Waals surface area contributed by atoms with Crippen molar-refractivity contribution in [3.63, 3.8) is 0 Å². The van der Waals surface area contributed by atoms with Crippen molar-refractivity contribution < 1.29 is 28.6 Å². The third-order valence-electron chi connectivity index (χ3n) is 7.12. The fourth-order valence-corrected chi connectivity index (χ4v) is 5.21. The van der Waals surface area contributed by atoms with E-state index in [-0.39, 0.29) is 17.5 Å². The summed E-state index contributed by atoms with van der Waals surface area (Å²) < 4.78 is 16.2. The fourth-order valence-electron chi connectivity index (χ4n) is 5.21. The van der Waals surface area contributed by atoms with Crippen molar-refractivity contribution in [3.05, 3.63) is 125 Å². The molecule has 4 aromatic carbocycles. The minimum atomic E-state index is -0.842. The van der Waals surface area contributed by atoms with Gasteiger partial charge in [-0.15, -0.1) is 5.06 Å². The van der Waals surface area contributed by atoms with Crippen LogP contribution in [0.5, 0.6) is 17.2 Å². The number of methoxy groups -OCH3 is 3. The molecule has 4 aromatic rings. The fraction of sp³-hybridized carbons (Fsp3) is 0.212. The van der Waals surface area contributed by atoms with E-state index in [4.69, 9.17) is 19.0 Å². The topological polar surface area (TPSA) is 77.5 Å². The third-order valence-corrected chi connectivity index (χ3v) is 7.12. The average molecular weight is 553 g/mol. The molecule has 8 nitrogen and oxygen atoms in total. The summed E-state index contributed by atoms with van der Waals surface area (Å²) in [7, 11) is 4.45. The zero-order chi connectivity index (χ0) is 28.8. The predicted molar refractivity (Wildman–Crippen MR) is 154 cm³/mol. The van der Waals surface area contributed by atoms with Crippen molar-refractivity contribution in [1.82, 2.24) is 9.96 Å². The Labute approximate surface area is 239 Å². The number of ether oxygens (including phenoxy) is 3. The van der Waals surface area contributed by atoms with E-state index < -0.39 is 12.0 Å². The lowest BCUT2D eigenvalue weighted by Gasteiger charge is -2.43. The van der Waals surface area contributed by atoms with Crippen LogP contribution in [0.25, 0.3) is 0 Å². The molecule has 1 saturated heterocycles. The van der Waals surface area contributed by atoms with Crippen LogP contribution in [0.2, 0.25) is 0 Å². The molecule has 0 spiro atoms. The number of hydrogen-bond acceptors (Lipinski definition) is 7. The molecule has 41 heavy (non-hydrogen) atoms. The molecule has 0 bridgehead atoms. The lowest BCUT2D eigenvalue weighted by molar-refractivity contribution is -0.184. The van der Waals surface area contributed by atoms with Crippen molar-refractivity contribution in [2.24, 2.45) is 0 Å². The molecule has 0 N–H and O–H groups in total. The molecule has 0 radical (unpaired) electrons. The van der Waals surface area contributed by atoms with Crippen LogP contribution >= 0.6 is 0 Å². The highest BCUT2D eigenvalue weighted by molar-refractivity contribution is 5.91. The Hall–Kier alpha value is -4.82. The second-order valence-electron chi connectivity index (χ2n) is 9.50. The van der Waals surface area contributed by atoms with Gasteiger partial charge in [0.2, 0.25) is 11.7 Å². The summed E-state index contributed by atoms with van der Waals surface area (Å²) >= 11 is 0. The minimum absolute atomic E-state index is 0.169. The monoisotopic (exact) mass is 552 g/mol. The van der Waals surface area contributed by atoms with Crippen LogP contribution in [0, 0.1) is 0 Å². The Morgan fingerprint density at radius 3 is 1.73 bits per heavy atom. The third kappa shape index (κ3) is 5.73. The van der Waals surface area contributed by atoms with Gasteiger partial charge in [-0.2, -0.15) is 0 Å². The quantitative estimate of drug-likeness (QED) is 0.273.